The summed E-state index contributed by atoms with van der Waals surface area (Å²) in [7, 11) is -0.825. The normalized spacial score (nSPS) is 11.7. The van der Waals surface area contributed by atoms with E-state index < -0.39 is 15.6 Å². The summed E-state index contributed by atoms with van der Waals surface area (Å²) < 4.78 is 32.1. The van der Waals surface area contributed by atoms with Crippen LogP contribution in [0.4, 0.5) is 5.69 Å². The molecule has 0 aromatic heterocycles. The zero-order valence-corrected chi connectivity index (χ0v) is 16.7. The third-order valence-corrected chi connectivity index (χ3v) is 5.68. The van der Waals surface area contributed by atoms with Gasteiger partial charge in [0.25, 0.3) is 15.9 Å². The minimum Gasteiger partial charge on any atom is -0.497 e. The number of hydrogen-bond donors (Lipinski definition) is 2. The highest BCUT2D eigenvalue weighted by Gasteiger charge is 2.23. The van der Waals surface area contributed by atoms with Crippen LogP contribution in [0.3, 0.4) is 0 Å². The van der Waals surface area contributed by atoms with Crippen molar-refractivity contribution in [3.05, 3.63) is 54.1 Å². The number of sulfonamides is 1. The molecular weight excluding hydrogens is 366 g/mol. The molecule has 2 aromatic rings. The molecular formula is C19H25N3O4S. The molecule has 0 unspecified atom stereocenters. The second kappa shape index (κ2) is 7.98. The Labute approximate surface area is 160 Å². The number of carbonyl (C=O) groups excluding carboxylic acids is 1. The second-order valence-corrected chi connectivity index (χ2v) is 8.84. The van der Waals surface area contributed by atoms with Crippen LogP contribution in [0.5, 0.6) is 5.75 Å². The van der Waals surface area contributed by atoms with Crippen molar-refractivity contribution in [1.82, 2.24) is 5.32 Å². The van der Waals surface area contributed by atoms with Crippen molar-refractivity contribution in [3.8, 4) is 5.75 Å². The first-order valence-electron chi connectivity index (χ1n) is 8.35. The lowest BCUT2D eigenvalue weighted by Crippen LogP contribution is -2.45. The fourth-order valence-electron chi connectivity index (χ4n) is 2.30. The summed E-state index contributed by atoms with van der Waals surface area (Å²) >= 11 is 0. The lowest BCUT2D eigenvalue weighted by Gasteiger charge is -2.21. The predicted molar refractivity (Wildman–Crippen MR) is 106 cm³/mol. The molecule has 7 nitrogen and oxygen atoms in total. The summed E-state index contributed by atoms with van der Waals surface area (Å²) in [6.07, 6.45) is 0. The highest BCUT2D eigenvalue weighted by atomic mass is 32.2. The molecule has 146 valence electrons. The van der Waals surface area contributed by atoms with Gasteiger partial charge in [0.2, 0.25) is 0 Å². The molecule has 27 heavy (non-hydrogen) atoms. The summed E-state index contributed by atoms with van der Waals surface area (Å²) in [4.78, 5) is 12.3. The standard InChI is InChI=1S/C19H25N3O4S/c1-19(2,20)13-21-18(23)14-6-5-7-17(12-14)27(24,25)22(3)15-8-10-16(26-4)11-9-15/h5-12H,13,20H2,1-4H3,(H,21,23). The van der Waals surface area contributed by atoms with Crippen LogP contribution in [0.2, 0.25) is 0 Å². The van der Waals surface area contributed by atoms with Crippen molar-refractivity contribution >= 4 is 21.6 Å². The lowest BCUT2D eigenvalue weighted by molar-refractivity contribution is 0.0946. The molecule has 2 aromatic carbocycles. The van der Waals surface area contributed by atoms with E-state index in [0.29, 0.717) is 11.4 Å². The SMILES string of the molecule is COc1ccc(N(C)S(=O)(=O)c2cccc(C(=O)NCC(C)(C)N)c2)cc1. The number of carbonyl (C=O) groups is 1. The molecule has 0 radical (unpaired) electrons. The molecule has 0 bridgehead atoms. The van der Waals surface area contributed by atoms with Gasteiger partial charge in [0.05, 0.1) is 17.7 Å². The van der Waals surface area contributed by atoms with Crippen molar-refractivity contribution in [2.24, 2.45) is 5.73 Å². The van der Waals surface area contributed by atoms with Crippen LogP contribution in [-0.4, -0.2) is 40.6 Å². The smallest absolute Gasteiger partial charge is 0.264 e. The molecule has 0 saturated carbocycles. The Kier molecular flexibility index (Phi) is 6.12. The molecule has 8 heteroatoms. The van der Waals surface area contributed by atoms with Crippen LogP contribution in [0.1, 0.15) is 24.2 Å². The van der Waals surface area contributed by atoms with E-state index in [0.717, 1.165) is 4.31 Å². The molecule has 0 fully saturated rings. The Hall–Kier alpha value is -2.58. The zero-order chi connectivity index (χ0) is 20.2. The number of methoxy groups -OCH3 is 1. The highest BCUT2D eigenvalue weighted by molar-refractivity contribution is 7.92. The van der Waals surface area contributed by atoms with Crippen molar-refractivity contribution in [2.45, 2.75) is 24.3 Å². The van der Waals surface area contributed by atoms with Gasteiger partial charge in [-0.3, -0.25) is 9.10 Å². The molecule has 0 spiro atoms. The van der Waals surface area contributed by atoms with Gasteiger partial charge in [0.15, 0.2) is 0 Å². The van der Waals surface area contributed by atoms with Crippen LogP contribution >= 0.6 is 0 Å². The maximum absolute atomic E-state index is 12.9. The van der Waals surface area contributed by atoms with Gasteiger partial charge in [-0.05, 0) is 56.3 Å². The third kappa shape index (κ3) is 5.21. The molecule has 0 aliphatic carbocycles. The first-order valence-corrected chi connectivity index (χ1v) is 9.79. The molecule has 0 heterocycles. The summed E-state index contributed by atoms with van der Waals surface area (Å²) in [5, 5.41) is 2.70. The van der Waals surface area contributed by atoms with E-state index in [1.54, 1.807) is 44.2 Å². The number of nitrogens with zero attached hydrogens (tertiary/aromatic N) is 1. The fourth-order valence-corrected chi connectivity index (χ4v) is 3.54. The average molecular weight is 391 g/mol. The summed E-state index contributed by atoms with van der Waals surface area (Å²) in [6.45, 7) is 3.85. The lowest BCUT2D eigenvalue weighted by atomic mass is 10.1. The maximum atomic E-state index is 12.9. The second-order valence-electron chi connectivity index (χ2n) is 6.87. The van der Waals surface area contributed by atoms with Crippen molar-refractivity contribution < 1.29 is 17.9 Å². The van der Waals surface area contributed by atoms with Crippen molar-refractivity contribution in [1.29, 1.82) is 0 Å². The summed E-state index contributed by atoms with van der Waals surface area (Å²) in [6, 6.07) is 12.6. The van der Waals surface area contributed by atoms with Gasteiger partial charge in [-0.2, -0.15) is 0 Å². The molecule has 1 amide bonds. The van der Waals surface area contributed by atoms with Gasteiger partial charge >= 0.3 is 0 Å². The van der Waals surface area contributed by atoms with Gasteiger partial charge in [-0.15, -0.1) is 0 Å². The monoisotopic (exact) mass is 391 g/mol. The first-order chi connectivity index (χ1) is 12.5. The maximum Gasteiger partial charge on any atom is 0.264 e. The third-order valence-electron chi connectivity index (χ3n) is 3.90. The zero-order valence-electron chi connectivity index (χ0n) is 15.9. The van der Waals surface area contributed by atoms with Gasteiger partial charge in [-0.1, -0.05) is 6.07 Å². The van der Waals surface area contributed by atoms with E-state index >= 15 is 0 Å². The number of hydrogen-bond acceptors (Lipinski definition) is 5. The minimum absolute atomic E-state index is 0.0282. The van der Waals surface area contributed by atoms with Crippen LogP contribution in [-0.2, 0) is 10.0 Å². The topological polar surface area (TPSA) is 102 Å². The van der Waals surface area contributed by atoms with E-state index in [1.165, 1.54) is 32.4 Å². The Balaban J connectivity index is 2.26. The minimum atomic E-state index is -3.82. The van der Waals surface area contributed by atoms with E-state index in [-0.39, 0.29) is 22.9 Å². The number of benzene rings is 2. The Morgan fingerprint density at radius 3 is 2.37 bits per heavy atom. The summed E-state index contributed by atoms with van der Waals surface area (Å²) in [5.74, 6) is 0.253. The molecule has 2 rings (SSSR count). The molecule has 0 aliphatic rings. The number of amides is 1. The van der Waals surface area contributed by atoms with Crippen LogP contribution < -0.4 is 20.1 Å². The van der Waals surface area contributed by atoms with Gasteiger partial charge in [-0.25, -0.2) is 8.42 Å². The average Bonchev–Trinajstić information content (AvgIpc) is 2.65. The molecule has 0 atom stereocenters. The van der Waals surface area contributed by atoms with Crippen LogP contribution in [0.25, 0.3) is 0 Å². The fraction of sp³-hybridized carbons (Fsp3) is 0.316. The van der Waals surface area contributed by atoms with E-state index in [2.05, 4.69) is 5.32 Å². The van der Waals surface area contributed by atoms with Crippen molar-refractivity contribution in [3.63, 3.8) is 0 Å². The molecule has 0 aliphatic heterocycles. The Morgan fingerprint density at radius 2 is 1.81 bits per heavy atom. The van der Waals surface area contributed by atoms with Crippen molar-refractivity contribution in [2.75, 3.05) is 25.0 Å². The highest BCUT2D eigenvalue weighted by Crippen LogP contribution is 2.24. The van der Waals surface area contributed by atoms with Gasteiger partial charge < -0.3 is 15.8 Å². The van der Waals surface area contributed by atoms with Gasteiger partial charge in [0.1, 0.15) is 5.75 Å². The number of rotatable bonds is 7. The largest absolute Gasteiger partial charge is 0.497 e. The summed E-state index contributed by atoms with van der Waals surface area (Å²) in [5.41, 5.74) is 6.03. The number of nitrogens with two attached hydrogens (primary N) is 1. The number of anilines is 1. The Morgan fingerprint density at radius 1 is 1.19 bits per heavy atom. The number of ether oxygens (including phenoxy) is 1. The van der Waals surface area contributed by atoms with Gasteiger partial charge in [0, 0.05) is 24.7 Å². The predicted octanol–water partition coefficient (Wildman–Crippen LogP) is 1.99. The number of nitrogens with one attached hydrogen (secondary N) is 1. The Bertz CT molecular complexity index is 903. The van der Waals surface area contributed by atoms with E-state index in [9.17, 15) is 13.2 Å². The molecule has 3 N–H and O–H groups in total. The van der Waals surface area contributed by atoms with E-state index in [1.807, 2.05) is 0 Å². The molecule has 0 saturated heterocycles. The quantitative estimate of drug-likeness (QED) is 0.751. The van der Waals surface area contributed by atoms with Crippen LogP contribution in [0, 0.1) is 0 Å². The van der Waals surface area contributed by atoms with Crippen LogP contribution in [0.15, 0.2) is 53.4 Å². The van der Waals surface area contributed by atoms with E-state index in [4.69, 9.17) is 10.5 Å². The first kappa shape index (κ1) is 20.7.